The Bertz CT molecular complexity index is 1490. The van der Waals surface area contributed by atoms with Gasteiger partial charge >= 0.3 is 0 Å². The highest BCUT2D eigenvalue weighted by atomic mass is 32.1. The molecule has 1 unspecified atom stereocenters. The summed E-state index contributed by atoms with van der Waals surface area (Å²) < 4.78 is 1.93. The molecule has 0 saturated heterocycles. The second kappa shape index (κ2) is 11.3. The van der Waals surface area contributed by atoms with Crippen LogP contribution in [0, 0.1) is 0 Å². The van der Waals surface area contributed by atoms with Crippen molar-refractivity contribution in [3.8, 4) is 11.3 Å². The van der Waals surface area contributed by atoms with Crippen molar-refractivity contribution in [2.24, 2.45) is 0 Å². The summed E-state index contributed by atoms with van der Waals surface area (Å²) in [4.78, 5) is 42.2. The predicted molar refractivity (Wildman–Crippen MR) is 144 cm³/mol. The number of imidazole rings is 2. The minimum atomic E-state index is -0.271. The summed E-state index contributed by atoms with van der Waals surface area (Å²) in [5, 5.41) is 9.95. The molecule has 3 N–H and O–H groups in total. The molecule has 0 aliphatic carbocycles. The number of unbranched alkanes of at least 4 members (excludes halogenated alkanes) is 2. The van der Waals surface area contributed by atoms with Crippen LogP contribution in [0.3, 0.4) is 0 Å². The molecule has 0 saturated carbocycles. The number of rotatable bonds is 11. The van der Waals surface area contributed by atoms with Crippen LogP contribution >= 0.6 is 11.3 Å². The molecule has 0 aliphatic rings. The summed E-state index contributed by atoms with van der Waals surface area (Å²) in [6.45, 7) is 0. The van der Waals surface area contributed by atoms with E-state index in [1.807, 2.05) is 34.4 Å². The maximum atomic E-state index is 13.0. The van der Waals surface area contributed by atoms with Crippen LogP contribution in [0.1, 0.15) is 49.7 Å². The number of thiazole rings is 1. The Morgan fingerprint density at radius 3 is 2.89 bits per heavy atom. The highest BCUT2D eigenvalue weighted by molar-refractivity contribution is 7.15. The van der Waals surface area contributed by atoms with Gasteiger partial charge in [0.25, 0.3) is 0 Å². The van der Waals surface area contributed by atoms with Gasteiger partial charge in [0.15, 0.2) is 4.96 Å². The van der Waals surface area contributed by atoms with Crippen LogP contribution in [0.25, 0.3) is 27.0 Å². The zero-order valence-corrected chi connectivity index (χ0v) is 21.4. The van der Waals surface area contributed by atoms with Crippen LogP contribution in [0.4, 0.5) is 0 Å². The molecule has 10 heteroatoms. The average molecular weight is 516 g/mol. The van der Waals surface area contributed by atoms with Gasteiger partial charge in [0.1, 0.15) is 5.82 Å². The van der Waals surface area contributed by atoms with E-state index in [9.17, 15) is 9.59 Å². The molecule has 4 heterocycles. The Morgan fingerprint density at radius 1 is 1.11 bits per heavy atom. The number of benzene rings is 1. The maximum Gasteiger partial charge on any atom is 0.226 e. The largest absolute Gasteiger partial charge is 0.359 e. The van der Waals surface area contributed by atoms with E-state index >= 15 is 0 Å². The first kappa shape index (κ1) is 24.6. The molecular formula is C27H29N7O2S. The summed E-state index contributed by atoms with van der Waals surface area (Å²) in [7, 11) is 1.65. The molecule has 37 heavy (non-hydrogen) atoms. The lowest BCUT2D eigenvalue weighted by molar-refractivity contribution is -0.121. The lowest BCUT2D eigenvalue weighted by Gasteiger charge is -2.17. The van der Waals surface area contributed by atoms with Gasteiger partial charge in [-0.25, -0.2) is 9.97 Å². The van der Waals surface area contributed by atoms with Crippen molar-refractivity contribution in [1.29, 1.82) is 0 Å². The van der Waals surface area contributed by atoms with E-state index in [0.717, 1.165) is 51.9 Å². The van der Waals surface area contributed by atoms with E-state index in [4.69, 9.17) is 0 Å². The Kier molecular flexibility index (Phi) is 7.55. The second-order valence-corrected chi connectivity index (χ2v) is 9.89. The van der Waals surface area contributed by atoms with Crippen molar-refractivity contribution in [3.63, 3.8) is 0 Å². The number of aromatic amines is 1. The van der Waals surface area contributed by atoms with Crippen molar-refractivity contribution >= 4 is 38.9 Å². The van der Waals surface area contributed by atoms with Crippen LogP contribution in [0.2, 0.25) is 0 Å². The van der Waals surface area contributed by atoms with Crippen molar-refractivity contribution in [2.45, 2.75) is 44.6 Å². The zero-order valence-electron chi connectivity index (χ0n) is 20.6. The SMILES string of the molecule is CNC(=O)CCCCCC(NC(=O)Cc1cn2ccsc2n1)c1ncc(-c2ccc3ccncc3c2)[nH]1. The average Bonchev–Trinajstić information content (AvgIpc) is 3.64. The molecule has 0 spiro atoms. The number of amides is 2. The van der Waals surface area contributed by atoms with E-state index in [2.05, 4.69) is 48.8 Å². The summed E-state index contributed by atoms with van der Waals surface area (Å²) in [6.07, 6.45) is 13.2. The van der Waals surface area contributed by atoms with Crippen LogP contribution in [0.15, 0.2) is 60.6 Å². The number of nitrogens with zero attached hydrogens (tertiary/aromatic N) is 4. The zero-order chi connectivity index (χ0) is 25.6. The Hall–Kier alpha value is -4.05. The molecule has 0 radical (unpaired) electrons. The molecule has 190 valence electrons. The number of carbonyl (C=O) groups excluding carboxylic acids is 2. The van der Waals surface area contributed by atoms with Gasteiger partial charge in [0, 0.05) is 54.6 Å². The smallest absolute Gasteiger partial charge is 0.226 e. The van der Waals surface area contributed by atoms with Gasteiger partial charge in [-0.2, -0.15) is 0 Å². The maximum absolute atomic E-state index is 13.0. The topological polar surface area (TPSA) is 117 Å². The summed E-state index contributed by atoms with van der Waals surface area (Å²) in [6, 6.07) is 7.91. The number of nitrogens with one attached hydrogen (secondary N) is 3. The van der Waals surface area contributed by atoms with Crippen LogP contribution in [0.5, 0.6) is 0 Å². The van der Waals surface area contributed by atoms with E-state index < -0.39 is 0 Å². The minimum Gasteiger partial charge on any atom is -0.359 e. The van der Waals surface area contributed by atoms with Gasteiger partial charge in [-0.1, -0.05) is 25.0 Å². The fraction of sp³-hybridized carbons (Fsp3) is 0.296. The van der Waals surface area contributed by atoms with Crippen molar-refractivity contribution < 1.29 is 9.59 Å². The van der Waals surface area contributed by atoms with Gasteiger partial charge in [-0.15, -0.1) is 11.3 Å². The third-order valence-electron chi connectivity index (χ3n) is 6.37. The van der Waals surface area contributed by atoms with Gasteiger partial charge in [-0.3, -0.25) is 19.0 Å². The van der Waals surface area contributed by atoms with Crippen LogP contribution in [-0.2, 0) is 16.0 Å². The highest BCUT2D eigenvalue weighted by Gasteiger charge is 2.19. The van der Waals surface area contributed by atoms with Crippen molar-refractivity contribution in [3.05, 3.63) is 72.1 Å². The first-order valence-corrected chi connectivity index (χ1v) is 13.3. The predicted octanol–water partition coefficient (Wildman–Crippen LogP) is 4.43. The summed E-state index contributed by atoms with van der Waals surface area (Å²) >= 11 is 1.54. The van der Waals surface area contributed by atoms with Gasteiger partial charge in [0.2, 0.25) is 11.8 Å². The van der Waals surface area contributed by atoms with E-state index in [1.54, 1.807) is 19.4 Å². The molecule has 1 atom stereocenters. The summed E-state index contributed by atoms with van der Waals surface area (Å²) in [5.41, 5.74) is 2.63. The molecule has 4 aromatic heterocycles. The molecule has 0 bridgehead atoms. The Balaban J connectivity index is 1.29. The van der Waals surface area contributed by atoms with E-state index in [1.165, 1.54) is 11.3 Å². The Labute approximate surface area is 218 Å². The number of pyridine rings is 1. The Morgan fingerprint density at radius 2 is 2.03 bits per heavy atom. The lowest BCUT2D eigenvalue weighted by Crippen LogP contribution is -2.30. The van der Waals surface area contributed by atoms with Gasteiger partial charge < -0.3 is 15.6 Å². The fourth-order valence-corrected chi connectivity index (χ4v) is 5.12. The van der Waals surface area contributed by atoms with Crippen LogP contribution in [-0.4, -0.2) is 43.2 Å². The number of carbonyl (C=O) groups is 2. The minimum absolute atomic E-state index is 0.0473. The third kappa shape index (κ3) is 6.03. The normalized spacial score (nSPS) is 12.1. The third-order valence-corrected chi connectivity index (χ3v) is 7.14. The van der Waals surface area contributed by atoms with Crippen molar-refractivity contribution in [2.75, 3.05) is 7.05 Å². The quantitative estimate of drug-likeness (QED) is 0.225. The first-order chi connectivity index (χ1) is 18.1. The highest BCUT2D eigenvalue weighted by Crippen LogP contribution is 2.25. The molecule has 0 fully saturated rings. The fourth-order valence-electron chi connectivity index (χ4n) is 4.40. The molecular weight excluding hydrogens is 486 g/mol. The second-order valence-electron chi connectivity index (χ2n) is 9.01. The van der Waals surface area contributed by atoms with E-state index in [-0.39, 0.29) is 24.3 Å². The number of hydrogen-bond donors (Lipinski definition) is 3. The van der Waals surface area contributed by atoms with Crippen molar-refractivity contribution in [1.82, 2.24) is 35.0 Å². The first-order valence-electron chi connectivity index (χ1n) is 12.4. The van der Waals surface area contributed by atoms with Gasteiger partial charge in [0.05, 0.1) is 30.0 Å². The summed E-state index contributed by atoms with van der Waals surface area (Å²) in [5.74, 6) is 0.661. The van der Waals surface area contributed by atoms with Gasteiger partial charge in [-0.05, 0) is 30.4 Å². The molecule has 5 aromatic rings. The number of hydrogen-bond acceptors (Lipinski definition) is 6. The molecule has 2 amide bonds. The molecule has 0 aliphatic heterocycles. The number of H-pyrrole nitrogens is 1. The lowest BCUT2D eigenvalue weighted by atomic mass is 10.1. The molecule has 1 aromatic carbocycles. The molecule has 9 nitrogen and oxygen atoms in total. The molecule has 5 rings (SSSR count). The van der Waals surface area contributed by atoms with Crippen LogP contribution < -0.4 is 10.6 Å². The number of aromatic nitrogens is 5. The monoisotopic (exact) mass is 515 g/mol. The van der Waals surface area contributed by atoms with E-state index in [0.29, 0.717) is 18.7 Å². The number of fused-ring (bicyclic) bond motifs is 2. The standard InChI is InChI=1S/C27H29N7O2S/c1-28-24(35)6-4-2-3-5-22(32-25(36)14-21-17-34-11-12-37-27(34)31-21)26-30-16-23(33-26)19-8-7-18-9-10-29-15-20(18)13-19/h7-13,15-17,22H,2-6,14H2,1H3,(H,28,35)(H,30,33)(H,32,36).